The minimum absolute atomic E-state index is 0.206. The Labute approximate surface area is 208 Å². The van der Waals surface area contributed by atoms with Crippen LogP contribution in [-0.2, 0) is 11.4 Å². The summed E-state index contributed by atoms with van der Waals surface area (Å²) in [6.45, 7) is 0.225. The molecule has 0 bridgehead atoms. The second kappa shape index (κ2) is 10.5. The van der Waals surface area contributed by atoms with E-state index in [-0.39, 0.29) is 28.5 Å². The van der Waals surface area contributed by atoms with E-state index in [9.17, 15) is 14.9 Å². The molecule has 8 nitrogen and oxygen atoms in total. The number of nitro groups is 1. The maximum atomic E-state index is 12.5. The van der Waals surface area contributed by atoms with Crippen molar-refractivity contribution in [1.82, 2.24) is 5.32 Å². The third-order valence-electron chi connectivity index (χ3n) is 4.72. The second-order valence-corrected chi connectivity index (χ2v) is 9.00. The zero-order chi connectivity index (χ0) is 24.1. The summed E-state index contributed by atoms with van der Waals surface area (Å²) in [7, 11) is 1.45. The fraction of sp³-hybridized carbons (Fsp3) is 0.0833. The molecule has 0 spiro atoms. The van der Waals surface area contributed by atoms with E-state index in [1.54, 1.807) is 6.07 Å². The summed E-state index contributed by atoms with van der Waals surface area (Å²) in [4.78, 5) is 28.5. The molecule has 0 unspecified atom stereocenters. The molecule has 34 heavy (non-hydrogen) atoms. The summed E-state index contributed by atoms with van der Waals surface area (Å²) >= 11 is 4.48. The number of aliphatic imine (C=N–C) groups is 1. The summed E-state index contributed by atoms with van der Waals surface area (Å²) in [5.41, 5.74) is 1.58. The number of nitrogens with one attached hydrogen (secondary N) is 1. The SMILES string of the molecule is COc1cc(/C=C2\SC(=Nc3cccc(Br)c3)NC2=O)c([N+](=O)[O-])cc1OCc1ccccc1. The third-order valence-corrected chi connectivity index (χ3v) is 6.13. The van der Waals surface area contributed by atoms with E-state index in [1.165, 1.54) is 25.3 Å². The molecule has 3 aromatic rings. The van der Waals surface area contributed by atoms with E-state index in [4.69, 9.17) is 9.47 Å². The number of thioether (sulfide) groups is 1. The van der Waals surface area contributed by atoms with Crippen molar-refractivity contribution in [2.75, 3.05) is 7.11 Å². The minimum atomic E-state index is -0.519. The van der Waals surface area contributed by atoms with E-state index >= 15 is 0 Å². The number of nitro benzene ring substituents is 1. The van der Waals surface area contributed by atoms with E-state index in [2.05, 4.69) is 26.2 Å². The first kappa shape index (κ1) is 23.5. The maximum Gasteiger partial charge on any atom is 0.280 e. The van der Waals surface area contributed by atoms with E-state index in [0.29, 0.717) is 16.6 Å². The largest absolute Gasteiger partial charge is 0.493 e. The van der Waals surface area contributed by atoms with Gasteiger partial charge in [0.25, 0.3) is 11.6 Å². The molecule has 0 aromatic heterocycles. The van der Waals surface area contributed by atoms with Gasteiger partial charge in [0.1, 0.15) is 6.61 Å². The van der Waals surface area contributed by atoms with Gasteiger partial charge in [-0.15, -0.1) is 0 Å². The van der Waals surface area contributed by atoms with Crippen LogP contribution in [-0.4, -0.2) is 23.1 Å². The van der Waals surface area contributed by atoms with Crippen LogP contribution in [0.15, 0.2) is 81.1 Å². The Hall–Kier alpha value is -3.63. The van der Waals surface area contributed by atoms with Crippen molar-refractivity contribution < 1.29 is 19.2 Å². The lowest BCUT2D eigenvalue weighted by atomic mass is 10.1. The molecule has 3 aromatic carbocycles. The first-order valence-corrected chi connectivity index (χ1v) is 11.6. The van der Waals surface area contributed by atoms with Gasteiger partial charge >= 0.3 is 0 Å². The normalized spacial score (nSPS) is 15.4. The van der Waals surface area contributed by atoms with Gasteiger partial charge in [-0.3, -0.25) is 14.9 Å². The van der Waals surface area contributed by atoms with Crippen LogP contribution in [0.1, 0.15) is 11.1 Å². The molecule has 1 saturated heterocycles. The second-order valence-electron chi connectivity index (χ2n) is 7.05. The summed E-state index contributed by atoms with van der Waals surface area (Å²) in [6.07, 6.45) is 1.45. The van der Waals surface area contributed by atoms with Crippen LogP contribution in [0.25, 0.3) is 6.08 Å². The van der Waals surface area contributed by atoms with E-state index in [1.807, 2.05) is 48.5 Å². The molecule has 4 rings (SSSR count). The van der Waals surface area contributed by atoms with Gasteiger partial charge < -0.3 is 14.8 Å². The van der Waals surface area contributed by atoms with Gasteiger partial charge in [0.15, 0.2) is 16.7 Å². The molecule has 0 aliphatic carbocycles. The number of carbonyl (C=O) groups excluding carboxylic acids is 1. The lowest BCUT2D eigenvalue weighted by Gasteiger charge is -2.12. The highest BCUT2D eigenvalue weighted by Gasteiger charge is 2.26. The average Bonchev–Trinajstić information content (AvgIpc) is 3.16. The Balaban J connectivity index is 1.62. The smallest absolute Gasteiger partial charge is 0.280 e. The van der Waals surface area contributed by atoms with Crippen LogP contribution in [0.4, 0.5) is 11.4 Å². The Morgan fingerprint density at radius 3 is 2.62 bits per heavy atom. The molecule has 0 saturated carbocycles. The first-order valence-electron chi connectivity index (χ1n) is 10.0. The van der Waals surface area contributed by atoms with Crippen LogP contribution in [0.2, 0.25) is 0 Å². The van der Waals surface area contributed by atoms with Crippen LogP contribution in [0, 0.1) is 10.1 Å². The molecule has 172 valence electrons. The average molecular weight is 540 g/mol. The topological polar surface area (TPSA) is 103 Å². The minimum Gasteiger partial charge on any atom is -0.493 e. The monoisotopic (exact) mass is 539 g/mol. The van der Waals surface area contributed by atoms with E-state index in [0.717, 1.165) is 21.8 Å². The van der Waals surface area contributed by atoms with Gasteiger partial charge in [-0.1, -0.05) is 52.3 Å². The van der Waals surface area contributed by atoms with Crippen molar-refractivity contribution in [2.24, 2.45) is 4.99 Å². The number of amides is 1. The van der Waals surface area contributed by atoms with Crippen LogP contribution < -0.4 is 14.8 Å². The Morgan fingerprint density at radius 2 is 1.91 bits per heavy atom. The number of rotatable bonds is 7. The lowest BCUT2D eigenvalue weighted by molar-refractivity contribution is -0.385. The summed E-state index contributed by atoms with van der Waals surface area (Å²) < 4.78 is 12.0. The van der Waals surface area contributed by atoms with Crippen molar-refractivity contribution in [3.63, 3.8) is 0 Å². The van der Waals surface area contributed by atoms with Crippen molar-refractivity contribution >= 4 is 56.2 Å². The van der Waals surface area contributed by atoms with Crippen molar-refractivity contribution in [1.29, 1.82) is 0 Å². The first-order chi connectivity index (χ1) is 16.4. The number of hydrogen-bond acceptors (Lipinski definition) is 7. The molecule has 0 radical (unpaired) electrons. The fourth-order valence-electron chi connectivity index (χ4n) is 3.13. The predicted octanol–water partition coefficient (Wildman–Crippen LogP) is 5.84. The zero-order valence-electron chi connectivity index (χ0n) is 17.9. The molecule has 0 atom stereocenters. The van der Waals surface area contributed by atoms with Gasteiger partial charge in [-0.2, -0.15) is 0 Å². The predicted molar refractivity (Wildman–Crippen MR) is 135 cm³/mol. The number of nitrogens with zero attached hydrogens (tertiary/aromatic N) is 2. The van der Waals surface area contributed by atoms with Crippen LogP contribution >= 0.6 is 27.7 Å². The molecule has 1 aliphatic heterocycles. The highest BCUT2D eigenvalue weighted by Crippen LogP contribution is 2.38. The van der Waals surface area contributed by atoms with Crippen molar-refractivity contribution in [3.05, 3.63) is 97.3 Å². The third kappa shape index (κ3) is 5.64. The number of hydrogen-bond donors (Lipinski definition) is 1. The Bertz CT molecular complexity index is 1310. The highest BCUT2D eigenvalue weighted by atomic mass is 79.9. The summed E-state index contributed by atoms with van der Waals surface area (Å²) in [5, 5.41) is 14.9. The van der Waals surface area contributed by atoms with Gasteiger partial charge in [-0.05, 0) is 47.7 Å². The number of halogens is 1. The molecular weight excluding hydrogens is 522 g/mol. The molecule has 1 amide bonds. The molecule has 1 aliphatic rings. The highest BCUT2D eigenvalue weighted by molar-refractivity contribution is 9.10. The van der Waals surface area contributed by atoms with Crippen molar-refractivity contribution in [3.8, 4) is 11.5 Å². The number of ether oxygens (including phenoxy) is 2. The quantitative estimate of drug-likeness (QED) is 0.230. The van der Waals surface area contributed by atoms with E-state index < -0.39 is 10.8 Å². The Kier molecular flexibility index (Phi) is 7.29. The van der Waals surface area contributed by atoms with Gasteiger partial charge in [0.2, 0.25) is 0 Å². The summed E-state index contributed by atoms with van der Waals surface area (Å²) in [6, 6.07) is 19.5. The standard InChI is InChI=1S/C24H18BrN3O5S/c1-32-20-10-16(19(28(30)31)13-21(20)33-14-15-6-3-2-4-7-15)11-22-23(29)27-24(34-22)26-18-9-5-8-17(25)12-18/h2-13H,14H2,1H3,(H,26,27,29)/b22-11-. The molecule has 1 heterocycles. The molecular formula is C24H18BrN3O5S. The maximum absolute atomic E-state index is 12.5. The zero-order valence-corrected chi connectivity index (χ0v) is 20.3. The number of methoxy groups -OCH3 is 1. The van der Waals surface area contributed by atoms with Gasteiger partial charge in [0, 0.05) is 4.47 Å². The molecule has 10 heteroatoms. The fourth-order valence-corrected chi connectivity index (χ4v) is 4.35. The Morgan fingerprint density at radius 1 is 1.12 bits per heavy atom. The van der Waals surface area contributed by atoms with Crippen LogP contribution in [0.3, 0.4) is 0 Å². The summed E-state index contributed by atoms with van der Waals surface area (Å²) in [5.74, 6) is 0.164. The number of amidine groups is 1. The van der Waals surface area contributed by atoms with Crippen LogP contribution in [0.5, 0.6) is 11.5 Å². The van der Waals surface area contributed by atoms with Gasteiger partial charge in [-0.25, -0.2) is 4.99 Å². The number of benzene rings is 3. The van der Waals surface area contributed by atoms with Crippen molar-refractivity contribution in [2.45, 2.75) is 6.61 Å². The molecule has 1 fully saturated rings. The lowest BCUT2D eigenvalue weighted by Crippen LogP contribution is -2.19. The number of carbonyl (C=O) groups is 1. The molecule has 1 N–H and O–H groups in total. The van der Waals surface area contributed by atoms with Gasteiger partial charge in [0.05, 0.1) is 34.3 Å².